The minimum atomic E-state index is -0.304. The molecule has 0 aliphatic carbocycles. The fourth-order valence-corrected chi connectivity index (χ4v) is 3.32. The Morgan fingerprint density at radius 2 is 2.19 bits per heavy atom. The topological polar surface area (TPSA) is 60.6 Å². The number of esters is 1. The first-order valence-electron chi connectivity index (χ1n) is 7.69. The van der Waals surface area contributed by atoms with Crippen molar-refractivity contribution in [1.29, 1.82) is 0 Å². The normalized spacial score (nSPS) is 24.3. The molecule has 21 heavy (non-hydrogen) atoms. The summed E-state index contributed by atoms with van der Waals surface area (Å²) >= 11 is 0. The monoisotopic (exact) mass is 292 g/mol. The maximum atomic E-state index is 11.4. The largest absolute Gasteiger partial charge is 0.464 e. The second-order valence-corrected chi connectivity index (χ2v) is 5.88. The minimum Gasteiger partial charge on any atom is -0.464 e. The van der Waals surface area contributed by atoms with Crippen LogP contribution in [0.5, 0.6) is 0 Å². The summed E-state index contributed by atoms with van der Waals surface area (Å²) in [6, 6.07) is 2.58. The smallest absolute Gasteiger partial charge is 0.354 e. The number of carbonyl (C=O) groups is 1. The second-order valence-electron chi connectivity index (χ2n) is 5.88. The number of nitrogens with one attached hydrogen (secondary N) is 2. The number of carbonyl (C=O) groups excluding carboxylic acids is 1. The number of nitrogens with zero attached hydrogens (tertiary/aromatic N) is 2. The molecular weight excluding hydrogens is 268 g/mol. The molecule has 2 saturated heterocycles. The summed E-state index contributed by atoms with van der Waals surface area (Å²) in [6.45, 7) is 7.69. The van der Waals surface area contributed by atoms with Gasteiger partial charge < -0.3 is 15.0 Å². The van der Waals surface area contributed by atoms with Gasteiger partial charge in [0.15, 0.2) is 0 Å². The molecule has 6 nitrogen and oxygen atoms in total. The highest BCUT2D eigenvalue weighted by Crippen LogP contribution is 2.19. The summed E-state index contributed by atoms with van der Waals surface area (Å²) in [5.74, 6) is -0.304. The van der Waals surface area contributed by atoms with Gasteiger partial charge in [-0.25, -0.2) is 4.79 Å². The molecule has 0 saturated carbocycles. The third kappa shape index (κ3) is 3.45. The van der Waals surface area contributed by atoms with Crippen LogP contribution in [0.4, 0.5) is 0 Å². The number of hydrogen-bond donors (Lipinski definition) is 2. The van der Waals surface area contributed by atoms with Crippen molar-refractivity contribution in [1.82, 2.24) is 20.1 Å². The zero-order valence-corrected chi connectivity index (χ0v) is 12.6. The average molecular weight is 292 g/mol. The van der Waals surface area contributed by atoms with Crippen LogP contribution in [0.3, 0.4) is 0 Å². The maximum Gasteiger partial charge on any atom is 0.354 e. The van der Waals surface area contributed by atoms with Gasteiger partial charge in [0, 0.05) is 58.1 Å². The van der Waals surface area contributed by atoms with E-state index in [0.29, 0.717) is 11.7 Å². The summed E-state index contributed by atoms with van der Waals surface area (Å²) in [4.78, 5) is 19.5. The summed E-state index contributed by atoms with van der Waals surface area (Å²) in [7, 11) is 1.40. The maximum absolute atomic E-state index is 11.4. The molecule has 2 aliphatic rings. The van der Waals surface area contributed by atoms with E-state index in [-0.39, 0.29) is 5.97 Å². The van der Waals surface area contributed by atoms with E-state index in [0.717, 1.165) is 51.4 Å². The molecule has 3 rings (SSSR count). The number of aromatic amines is 1. The first-order chi connectivity index (χ1) is 10.3. The predicted octanol–water partition coefficient (Wildman–Crippen LogP) is 0.281. The Hall–Kier alpha value is -1.37. The van der Waals surface area contributed by atoms with Crippen LogP contribution < -0.4 is 5.32 Å². The number of piperazine rings is 1. The van der Waals surface area contributed by atoms with Gasteiger partial charge in [-0.2, -0.15) is 0 Å². The molecule has 0 aromatic carbocycles. The van der Waals surface area contributed by atoms with Crippen molar-refractivity contribution < 1.29 is 9.53 Å². The fourth-order valence-electron chi connectivity index (χ4n) is 3.32. The molecule has 1 atom stereocenters. The molecule has 116 valence electrons. The predicted molar refractivity (Wildman–Crippen MR) is 80.3 cm³/mol. The molecular formula is C15H24N4O2. The van der Waals surface area contributed by atoms with Crippen LogP contribution in [-0.2, 0) is 11.3 Å². The molecule has 3 heterocycles. The van der Waals surface area contributed by atoms with Crippen LogP contribution >= 0.6 is 0 Å². The molecule has 2 aliphatic heterocycles. The van der Waals surface area contributed by atoms with Crippen LogP contribution in [0.2, 0.25) is 0 Å². The number of likely N-dealkylation sites (tertiary alicyclic amines) is 1. The number of methoxy groups -OCH3 is 1. The van der Waals surface area contributed by atoms with Crippen LogP contribution in [-0.4, -0.2) is 73.2 Å². The van der Waals surface area contributed by atoms with E-state index in [1.165, 1.54) is 13.5 Å². The third-order valence-electron chi connectivity index (χ3n) is 4.47. The lowest BCUT2D eigenvalue weighted by atomic mass is 10.2. The van der Waals surface area contributed by atoms with Crippen molar-refractivity contribution in [3.8, 4) is 0 Å². The van der Waals surface area contributed by atoms with Gasteiger partial charge in [0.2, 0.25) is 0 Å². The van der Waals surface area contributed by atoms with Gasteiger partial charge in [-0.3, -0.25) is 9.80 Å². The van der Waals surface area contributed by atoms with Crippen molar-refractivity contribution >= 4 is 5.97 Å². The number of H-pyrrole nitrogens is 1. The van der Waals surface area contributed by atoms with E-state index in [1.54, 1.807) is 0 Å². The van der Waals surface area contributed by atoms with Crippen LogP contribution in [0.1, 0.15) is 22.5 Å². The van der Waals surface area contributed by atoms with Gasteiger partial charge >= 0.3 is 5.97 Å². The van der Waals surface area contributed by atoms with Crippen LogP contribution in [0.15, 0.2) is 12.3 Å². The van der Waals surface area contributed by atoms with Crippen LogP contribution in [0.25, 0.3) is 0 Å². The summed E-state index contributed by atoms with van der Waals surface area (Å²) in [6.07, 6.45) is 3.15. The lowest BCUT2D eigenvalue weighted by molar-refractivity contribution is 0.0595. The molecule has 1 unspecified atom stereocenters. The standard InChI is InChI=1S/C15H24N4O2/c1-21-15(20)14-8-12(9-17-14)10-18-5-2-13(11-18)19-6-3-16-4-7-19/h8-9,13,16-17H,2-7,10-11H2,1H3. The Balaban J connectivity index is 1.52. The van der Waals surface area contributed by atoms with E-state index in [2.05, 4.69) is 20.1 Å². The molecule has 0 radical (unpaired) electrons. The molecule has 0 bridgehead atoms. The molecule has 2 N–H and O–H groups in total. The molecule has 0 spiro atoms. The summed E-state index contributed by atoms with van der Waals surface area (Å²) in [5, 5.41) is 3.40. The van der Waals surface area contributed by atoms with E-state index >= 15 is 0 Å². The zero-order valence-electron chi connectivity index (χ0n) is 12.6. The van der Waals surface area contributed by atoms with Gasteiger partial charge in [0.1, 0.15) is 5.69 Å². The molecule has 6 heteroatoms. The van der Waals surface area contributed by atoms with E-state index in [4.69, 9.17) is 4.74 Å². The Kier molecular flexibility index (Phi) is 4.57. The zero-order chi connectivity index (χ0) is 14.7. The lowest BCUT2D eigenvalue weighted by Gasteiger charge is -2.32. The number of hydrogen-bond acceptors (Lipinski definition) is 5. The van der Waals surface area contributed by atoms with Crippen LogP contribution in [0, 0.1) is 0 Å². The van der Waals surface area contributed by atoms with Gasteiger partial charge in [0.25, 0.3) is 0 Å². The molecule has 1 aromatic heterocycles. The fraction of sp³-hybridized carbons (Fsp3) is 0.667. The van der Waals surface area contributed by atoms with Gasteiger partial charge in [-0.1, -0.05) is 0 Å². The number of ether oxygens (including phenoxy) is 1. The summed E-state index contributed by atoms with van der Waals surface area (Å²) < 4.78 is 4.72. The average Bonchev–Trinajstić information content (AvgIpc) is 3.17. The van der Waals surface area contributed by atoms with Gasteiger partial charge in [-0.15, -0.1) is 0 Å². The first kappa shape index (κ1) is 14.6. The van der Waals surface area contributed by atoms with Crippen molar-refractivity contribution in [2.24, 2.45) is 0 Å². The quantitative estimate of drug-likeness (QED) is 0.781. The van der Waals surface area contributed by atoms with E-state index in [1.807, 2.05) is 12.3 Å². The van der Waals surface area contributed by atoms with E-state index < -0.39 is 0 Å². The Bertz CT molecular complexity index is 482. The Morgan fingerprint density at radius 3 is 2.95 bits per heavy atom. The highest BCUT2D eigenvalue weighted by atomic mass is 16.5. The SMILES string of the molecule is COC(=O)c1cc(CN2CCC(N3CCNCC3)C2)c[nH]1. The van der Waals surface area contributed by atoms with Gasteiger partial charge in [0.05, 0.1) is 7.11 Å². The molecule has 2 fully saturated rings. The highest BCUT2D eigenvalue weighted by molar-refractivity contribution is 5.87. The van der Waals surface area contributed by atoms with Crippen molar-refractivity contribution in [2.75, 3.05) is 46.4 Å². The Labute approximate surface area is 125 Å². The highest BCUT2D eigenvalue weighted by Gasteiger charge is 2.28. The summed E-state index contributed by atoms with van der Waals surface area (Å²) in [5.41, 5.74) is 1.68. The van der Waals surface area contributed by atoms with Crippen molar-refractivity contribution in [3.63, 3.8) is 0 Å². The third-order valence-corrected chi connectivity index (χ3v) is 4.47. The Morgan fingerprint density at radius 1 is 1.38 bits per heavy atom. The van der Waals surface area contributed by atoms with Crippen molar-refractivity contribution in [2.45, 2.75) is 19.0 Å². The lowest BCUT2D eigenvalue weighted by Crippen LogP contribution is -2.49. The minimum absolute atomic E-state index is 0.304. The second kappa shape index (κ2) is 6.60. The van der Waals surface area contributed by atoms with E-state index in [9.17, 15) is 4.79 Å². The number of aromatic nitrogens is 1. The first-order valence-corrected chi connectivity index (χ1v) is 7.69. The number of rotatable bonds is 4. The molecule has 0 amide bonds. The molecule has 1 aromatic rings. The van der Waals surface area contributed by atoms with Crippen molar-refractivity contribution in [3.05, 3.63) is 23.5 Å². The van der Waals surface area contributed by atoms with Gasteiger partial charge in [-0.05, 0) is 18.1 Å².